The van der Waals surface area contributed by atoms with E-state index in [9.17, 15) is 23.4 Å². The first kappa shape index (κ1) is 22.2. The highest BCUT2D eigenvalue weighted by atomic mass is 32.2. The molecule has 7 nitrogen and oxygen atoms in total. The molecule has 5 aromatic carbocycles. The van der Waals surface area contributed by atoms with Crippen LogP contribution in [0.4, 0.5) is 5.69 Å². The van der Waals surface area contributed by atoms with Gasteiger partial charge < -0.3 is 14.9 Å². The number of fused-ring (bicyclic) bond motifs is 2. The predicted octanol–water partition coefficient (Wildman–Crippen LogP) is 5.99. The summed E-state index contributed by atoms with van der Waals surface area (Å²) < 4.78 is 34.9. The van der Waals surface area contributed by atoms with E-state index in [0.717, 1.165) is 16.8 Å². The molecule has 0 fully saturated rings. The van der Waals surface area contributed by atoms with Crippen molar-refractivity contribution in [2.45, 2.75) is 4.90 Å². The van der Waals surface area contributed by atoms with E-state index in [1.165, 1.54) is 12.1 Å². The number of sulfonamides is 1. The molecule has 35 heavy (non-hydrogen) atoms. The molecule has 0 atom stereocenters. The van der Waals surface area contributed by atoms with Crippen LogP contribution in [0.15, 0.2) is 102 Å². The number of phenols is 1. The first-order valence-electron chi connectivity index (χ1n) is 10.6. The van der Waals surface area contributed by atoms with Gasteiger partial charge in [0.1, 0.15) is 22.8 Å². The molecule has 3 N–H and O–H groups in total. The average Bonchev–Trinajstić information content (AvgIpc) is 2.85. The molecule has 8 heteroatoms. The molecule has 174 valence electrons. The van der Waals surface area contributed by atoms with Crippen molar-refractivity contribution >= 4 is 43.2 Å². The van der Waals surface area contributed by atoms with Crippen LogP contribution < -0.4 is 9.46 Å². The number of nitrogens with one attached hydrogen (secondary N) is 1. The van der Waals surface area contributed by atoms with Crippen molar-refractivity contribution in [1.82, 2.24) is 0 Å². The zero-order valence-electron chi connectivity index (χ0n) is 18.2. The molecule has 0 aliphatic rings. The highest BCUT2D eigenvalue weighted by Crippen LogP contribution is 2.35. The van der Waals surface area contributed by atoms with Crippen LogP contribution in [0.3, 0.4) is 0 Å². The number of carbonyl (C=O) groups is 1. The van der Waals surface area contributed by atoms with E-state index in [1.54, 1.807) is 36.4 Å². The van der Waals surface area contributed by atoms with Crippen molar-refractivity contribution in [3.05, 3.63) is 103 Å². The number of ether oxygens (including phenoxy) is 1. The minimum atomic E-state index is -4.18. The van der Waals surface area contributed by atoms with Gasteiger partial charge in [0.2, 0.25) is 0 Å². The summed E-state index contributed by atoms with van der Waals surface area (Å²) in [6.45, 7) is 0. The fraction of sp³-hybridized carbons (Fsp3) is 0. The third-order valence-corrected chi connectivity index (χ3v) is 7.00. The number of benzene rings is 5. The van der Waals surface area contributed by atoms with Gasteiger partial charge in [-0.1, -0.05) is 60.7 Å². The highest BCUT2D eigenvalue weighted by molar-refractivity contribution is 7.93. The van der Waals surface area contributed by atoms with Crippen LogP contribution in [0.1, 0.15) is 10.4 Å². The fourth-order valence-corrected chi connectivity index (χ4v) is 5.22. The molecule has 0 aliphatic heterocycles. The Morgan fingerprint density at radius 3 is 2.11 bits per heavy atom. The zero-order chi connectivity index (χ0) is 24.6. The van der Waals surface area contributed by atoms with Crippen LogP contribution in [0.5, 0.6) is 17.2 Å². The Balaban J connectivity index is 1.45. The van der Waals surface area contributed by atoms with E-state index < -0.39 is 27.3 Å². The summed E-state index contributed by atoms with van der Waals surface area (Å²) in [5.41, 5.74) is -0.229. The van der Waals surface area contributed by atoms with Crippen LogP contribution in [0.2, 0.25) is 0 Å². The Bertz CT molecular complexity index is 1690. The van der Waals surface area contributed by atoms with Gasteiger partial charge in [-0.3, -0.25) is 4.72 Å². The lowest BCUT2D eigenvalue weighted by atomic mass is 10.1. The van der Waals surface area contributed by atoms with E-state index in [1.807, 2.05) is 42.5 Å². The highest BCUT2D eigenvalue weighted by Gasteiger charge is 2.24. The molecule has 0 unspecified atom stereocenters. The Hall–Kier alpha value is -4.56. The third-order valence-electron chi connectivity index (χ3n) is 5.58. The molecule has 0 aliphatic carbocycles. The van der Waals surface area contributed by atoms with Crippen molar-refractivity contribution in [1.29, 1.82) is 0 Å². The molecule has 0 saturated carbocycles. The van der Waals surface area contributed by atoms with Crippen LogP contribution >= 0.6 is 0 Å². The van der Waals surface area contributed by atoms with Gasteiger partial charge in [-0.25, -0.2) is 13.2 Å². The number of hydrogen-bond acceptors (Lipinski definition) is 5. The third kappa shape index (κ3) is 4.22. The SMILES string of the molecule is O=C(O)c1cc(S(=O)(=O)Nc2ccc(Oc3cccc4ccccc34)cc2)c2ccccc2c1O. The number of aromatic carboxylic acids is 1. The quantitative estimate of drug-likeness (QED) is 0.272. The lowest BCUT2D eigenvalue weighted by Gasteiger charge is -2.14. The van der Waals surface area contributed by atoms with E-state index in [2.05, 4.69) is 4.72 Å². The Kier molecular flexibility index (Phi) is 5.50. The van der Waals surface area contributed by atoms with Gasteiger partial charge in [0.15, 0.2) is 0 Å². The average molecular weight is 486 g/mol. The maximum atomic E-state index is 13.2. The summed E-state index contributed by atoms with van der Waals surface area (Å²) >= 11 is 0. The lowest BCUT2D eigenvalue weighted by molar-refractivity contribution is 0.0693. The lowest BCUT2D eigenvalue weighted by Crippen LogP contribution is -2.14. The number of rotatable bonds is 6. The molecule has 0 radical (unpaired) electrons. The zero-order valence-corrected chi connectivity index (χ0v) is 19.0. The number of aromatic hydroxyl groups is 1. The monoisotopic (exact) mass is 485 g/mol. The number of carboxylic acid groups (broad SMARTS) is 1. The van der Waals surface area contributed by atoms with Crippen molar-refractivity contribution in [2.75, 3.05) is 4.72 Å². The summed E-state index contributed by atoms with van der Waals surface area (Å²) in [4.78, 5) is 11.3. The second kappa shape index (κ2) is 8.66. The van der Waals surface area contributed by atoms with Crippen LogP contribution in [-0.4, -0.2) is 24.6 Å². The Morgan fingerprint density at radius 1 is 0.771 bits per heavy atom. The van der Waals surface area contributed by atoms with Gasteiger partial charge in [0.05, 0.1) is 4.90 Å². The van der Waals surface area contributed by atoms with E-state index >= 15 is 0 Å². The predicted molar refractivity (Wildman–Crippen MR) is 134 cm³/mol. The summed E-state index contributed by atoms with van der Waals surface area (Å²) in [6, 6.07) is 27.1. The van der Waals surface area contributed by atoms with Crippen LogP contribution in [0, 0.1) is 0 Å². The summed E-state index contributed by atoms with van der Waals surface area (Å²) in [7, 11) is -4.18. The molecule has 0 heterocycles. The fourth-order valence-electron chi connectivity index (χ4n) is 3.92. The normalized spacial score (nSPS) is 11.4. The first-order chi connectivity index (χ1) is 16.8. The van der Waals surface area contributed by atoms with Gasteiger partial charge in [-0.05, 0) is 41.8 Å². The molecule has 5 aromatic rings. The maximum absolute atomic E-state index is 13.2. The topological polar surface area (TPSA) is 113 Å². The molecule has 0 aromatic heterocycles. The minimum absolute atomic E-state index is 0.131. The summed E-state index contributed by atoms with van der Waals surface area (Å²) in [5.74, 6) is -0.720. The molecule has 5 rings (SSSR count). The first-order valence-corrected chi connectivity index (χ1v) is 12.1. The van der Waals surface area contributed by atoms with Gasteiger partial charge in [0, 0.05) is 21.8 Å². The molecule has 0 amide bonds. The minimum Gasteiger partial charge on any atom is -0.506 e. The number of carboxylic acids is 1. The van der Waals surface area contributed by atoms with Gasteiger partial charge in [-0.15, -0.1) is 0 Å². The molecular formula is C27H19NO6S. The van der Waals surface area contributed by atoms with Crippen molar-refractivity contribution in [3.63, 3.8) is 0 Å². The van der Waals surface area contributed by atoms with Gasteiger partial charge in [-0.2, -0.15) is 0 Å². The van der Waals surface area contributed by atoms with E-state index in [-0.39, 0.29) is 21.4 Å². The second-order valence-electron chi connectivity index (χ2n) is 7.83. The molecule has 0 saturated heterocycles. The second-order valence-corrected chi connectivity index (χ2v) is 9.48. The van der Waals surface area contributed by atoms with E-state index in [4.69, 9.17) is 4.74 Å². The Labute approximate surface area is 200 Å². The molecule has 0 bridgehead atoms. The number of hydrogen-bond donors (Lipinski definition) is 3. The molecule has 0 spiro atoms. The Morgan fingerprint density at radius 2 is 1.40 bits per heavy atom. The van der Waals surface area contributed by atoms with Crippen molar-refractivity contribution in [3.8, 4) is 17.2 Å². The van der Waals surface area contributed by atoms with Crippen molar-refractivity contribution in [2.24, 2.45) is 0 Å². The smallest absolute Gasteiger partial charge is 0.339 e. The van der Waals surface area contributed by atoms with Crippen LogP contribution in [-0.2, 0) is 10.0 Å². The maximum Gasteiger partial charge on any atom is 0.339 e. The van der Waals surface area contributed by atoms with Gasteiger partial charge in [0.25, 0.3) is 10.0 Å². The standard InChI is InChI=1S/C27H19NO6S/c29-26-22-10-4-3-9-21(22)25(16-23(26)27(30)31)35(32,33)28-18-12-14-19(15-13-18)34-24-11-5-7-17-6-1-2-8-20(17)24/h1-16,28-29H,(H,30,31). The van der Waals surface area contributed by atoms with Gasteiger partial charge >= 0.3 is 5.97 Å². The van der Waals surface area contributed by atoms with Crippen LogP contribution in [0.25, 0.3) is 21.5 Å². The summed E-state index contributed by atoms with van der Waals surface area (Å²) in [6.07, 6.45) is 0. The number of anilines is 1. The summed E-state index contributed by atoms with van der Waals surface area (Å²) in [5, 5.41) is 22.1. The van der Waals surface area contributed by atoms with Crippen molar-refractivity contribution < 1.29 is 28.2 Å². The van der Waals surface area contributed by atoms with E-state index in [0.29, 0.717) is 11.5 Å². The molecular weight excluding hydrogens is 466 g/mol. The largest absolute Gasteiger partial charge is 0.506 e.